The fourth-order valence-corrected chi connectivity index (χ4v) is 4.78. The average molecular weight is 566 g/mol. The Kier molecular flexibility index (Phi) is 14.6. The van der Waals surface area contributed by atoms with Gasteiger partial charge < -0.3 is 16.0 Å². The van der Waals surface area contributed by atoms with Gasteiger partial charge in [-0.1, -0.05) is 79.2 Å². The van der Waals surface area contributed by atoms with E-state index in [0.717, 1.165) is 95.7 Å². The lowest BCUT2D eigenvalue weighted by molar-refractivity contribution is 0.513. The van der Waals surface area contributed by atoms with E-state index in [9.17, 15) is 0 Å². The number of nitrogens with zero attached hydrogens (tertiary/aromatic N) is 4. The number of benzene rings is 2. The monoisotopic (exact) mass is 565 g/mol. The fraction of sp³-hybridized carbons (Fsp3) is 0.429. The Morgan fingerprint density at radius 3 is 2.29 bits per heavy atom. The first-order valence-electron chi connectivity index (χ1n) is 15.5. The van der Waals surface area contributed by atoms with Gasteiger partial charge in [0.15, 0.2) is 0 Å². The third-order valence-corrected chi connectivity index (χ3v) is 7.26. The number of hydrogen-bond acceptors (Lipinski definition) is 7. The molecule has 0 amide bonds. The molecule has 0 spiro atoms. The van der Waals surface area contributed by atoms with Gasteiger partial charge in [-0.15, -0.1) is 0 Å². The van der Waals surface area contributed by atoms with Crippen LogP contribution in [0.4, 0.5) is 0 Å². The molecule has 2 aromatic carbocycles. The Balaban J connectivity index is 1.29. The van der Waals surface area contributed by atoms with Crippen molar-refractivity contribution in [3.05, 3.63) is 95.1 Å². The lowest BCUT2D eigenvalue weighted by Gasteiger charge is -2.14. The summed E-state index contributed by atoms with van der Waals surface area (Å²) in [5, 5.41) is 10.6. The molecule has 0 fully saturated rings. The highest BCUT2D eigenvalue weighted by atomic mass is 14.9. The molecule has 1 aliphatic carbocycles. The van der Waals surface area contributed by atoms with Crippen LogP contribution in [0.5, 0.6) is 0 Å². The summed E-state index contributed by atoms with van der Waals surface area (Å²) in [4.78, 5) is 18.8. The van der Waals surface area contributed by atoms with Crippen LogP contribution in [-0.2, 0) is 6.54 Å². The minimum Gasteiger partial charge on any atom is -0.313 e. The molecule has 7 heteroatoms. The SMILES string of the molecule is C1=CC2C=NCCNCC(CCCCNCc3ccccc3)N=Cc3ccc(cc3)C=NCCNCCN=CC1=CC2. The Labute approximate surface area is 252 Å². The van der Waals surface area contributed by atoms with Gasteiger partial charge in [-0.3, -0.25) is 20.0 Å². The van der Waals surface area contributed by atoms with Crippen molar-refractivity contribution in [1.29, 1.82) is 0 Å². The number of unbranched alkanes of at least 4 members (excludes halogenated alkanes) is 1. The molecular formula is C35H47N7. The summed E-state index contributed by atoms with van der Waals surface area (Å²) in [5.74, 6) is 0.363. The highest BCUT2D eigenvalue weighted by Crippen LogP contribution is 2.13. The molecule has 4 aliphatic heterocycles. The first-order chi connectivity index (χ1) is 20.8. The molecule has 5 aliphatic rings. The van der Waals surface area contributed by atoms with Crippen LogP contribution >= 0.6 is 0 Å². The second-order valence-electron chi connectivity index (χ2n) is 10.8. The van der Waals surface area contributed by atoms with Crippen molar-refractivity contribution in [3.63, 3.8) is 0 Å². The maximum atomic E-state index is 4.98. The molecule has 4 heterocycles. The van der Waals surface area contributed by atoms with Crippen LogP contribution in [0.3, 0.4) is 0 Å². The molecule has 2 aromatic rings. The summed E-state index contributed by atoms with van der Waals surface area (Å²) in [5.41, 5.74) is 4.73. The van der Waals surface area contributed by atoms with Crippen LogP contribution in [0.1, 0.15) is 42.4 Å². The number of aliphatic imine (C=N–C) groups is 4. The average Bonchev–Trinajstić information content (AvgIpc) is 3.03. The lowest BCUT2D eigenvalue weighted by atomic mass is 9.98. The zero-order valence-corrected chi connectivity index (χ0v) is 24.9. The van der Waals surface area contributed by atoms with E-state index in [0.29, 0.717) is 5.92 Å². The van der Waals surface area contributed by atoms with Gasteiger partial charge in [-0.25, -0.2) is 0 Å². The quantitative estimate of drug-likeness (QED) is 0.426. The van der Waals surface area contributed by atoms with Gasteiger partial charge >= 0.3 is 0 Å². The summed E-state index contributed by atoms with van der Waals surface area (Å²) in [6.07, 6.45) is 19.0. The predicted molar refractivity (Wildman–Crippen MR) is 180 cm³/mol. The highest BCUT2D eigenvalue weighted by molar-refractivity contribution is 5.84. The minimum atomic E-state index is 0.238. The van der Waals surface area contributed by atoms with E-state index in [1.165, 1.54) is 11.1 Å². The molecule has 0 radical (unpaired) electrons. The molecule has 42 heavy (non-hydrogen) atoms. The fourth-order valence-electron chi connectivity index (χ4n) is 4.78. The van der Waals surface area contributed by atoms with Crippen LogP contribution in [0.15, 0.2) is 98.4 Å². The van der Waals surface area contributed by atoms with Crippen LogP contribution < -0.4 is 16.0 Å². The van der Waals surface area contributed by atoms with E-state index in [2.05, 4.69) is 110 Å². The van der Waals surface area contributed by atoms with Crippen molar-refractivity contribution in [1.82, 2.24) is 16.0 Å². The molecule has 7 rings (SSSR count). The molecule has 0 saturated carbocycles. The van der Waals surface area contributed by atoms with Crippen LogP contribution in [0.2, 0.25) is 0 Å². The van der Waals surface area contributed by atoms with Crippen molar-refractivity contribution in [2.45, 2.75) is 38.3 Å². The number of allylic oxidation sites excluding steroid dienone is 4. The standard InChI is InChI=1S/C35H47N7/c1-2-6-30(7-3-1)24-37-17-5-4-8-35-29-41-23-22-40-27-32-11-9-31(10-12-32)25-38-20-18-36-19-21-39-26-33-13-15-34(16-14-33)28-42-35/h1-3,6-7,9-11,13-16,25-28,32,35-37,41H,4-5,8,12,17-24,29H2. The summed E-state index contributed by atoms with van der Waals surface area (Å²) < 4.78 is 0. The number of rotatable bonds is 7. The van der Waals surface area contributed by atoms with Crippen molar-refractivity contribution < 1.29 is 0 Å². The highest BCUT2D eigenvalue weighted by Gasteiger charge is 2.07. The Morgan fingerprint density at radius 1 is 0.762 bits per heavy atom. The number of hydrogen-bond donors (Lipinski definition) is 3. The van der Waals surface area contributed by atoms with Crippen LogP contribution in [0.25, 0.3) is 0 Å². The van der Waals surface area contributed by atoms with Gasteiger partial charge in [0.05, 0.1) is 25.7 Å². The van der Waals surface area contributed by atoms with E-state index >= 15 is 0 Å². The van der Waals surface area contributed by atoms with Crippen molar-refractivity contribution in [2.24, 2.45) is 25.9 Å². The van der Waals surface area contributed by atoms with Crippen molar-refractivity contribution in [2.75, 3.05) is 52.4 Å². The van der Waals surface area contributed by atoms with Gasteiger partial charge in [0.1, 0.15) is 0 Å². The third kappa shape index (κ3) is 13.0. The van der Waals surface area contributed by atoms with E-state index in [1.807, 2.05) is 18.6 Å². The lowest BCUT2D eigenvalue weighted by Crippen LogP contribution is -2.28. The molecule has 4 bridgehead atoms. The largest absolute Gasteiger partial charge is 0.313 e. The van der Waals surface area contributed by atoms with E-state index in [1.54, 1.807) is 0 Å². The minimum absolute atomic E-state index is 0.238. The molecular weight excluding hydrogens is 518 g/mol. The van der Waals surface area contributed by atoms with E-state index in [4.69, 9.17) is 4.99 Å². The van der Waals surface area contributed by atoms with Gasteiger partial charge in [-0.2, -0.15) is 0 Å². The topological polar surface area (TPSA) is 85.5 Å². The summed E-state index contributed by atoms with van der Waals surface area (Å²) >= 11 is 0. The second-order valence-corrected chi connectivity index (χ2v) is 10.8. The Hall–Kier alpha value is -3.52. The first kappa shape index (κ1) is 31.4. The first-order valence-corrected chi connectivity index (χ1v) is 15.5. The zero-order valence-electron chi connectivity index (χ0n) is 24.9. The molecule has 2 unspecified atom stereocenters. The van der Waals surface area contributed by atoms with Crippen molar-refractivity contribution in [3.8, 4) is 0 Å². The van der Waals surface area contributed by atoms with Gasteiger partial charge in [0.25, 0.3) is 0 Å². The second kappa shape index (κ2) is 19.6. The van der Waals surface area contributed by atoms with Crippen molar-refractivity contribution >= 4 is 24.9 Å². The maximum absolute atomic E-state index is 4.98. The molecule has 0 aromatic heterocycles. The maximum Gasteiger partial charge on any atom is 0.0624 e. The van der Waals surface area contributed by atoms with E-state index in [-0.39, 0.29) is 6.04 Å². The molecule has 2 atom stereocenters. The van der Waals surface area contributed by atoms with E-state index < -0.39 is 0 Å². The molecule has 222 valence electrons. The normalized spacial score (nSPS) is 20.6. The van der Waals surface area contributed by atoms with Gasteiger partial charge in [0.2, 0.25) is 0 Å². The summed E-state index contributed by atoms with van der Waals surface area (Å²) in [6.45, 7) is 7.65. The smallest absolute Gasteiger partial charge is 0.0624 e. The summed E-state index contributed by atoms with van der Waals surface area (Å²) in [7, 11) is 0. The predicted octanol–water partition coefficient (Wildman–Crippen LogP) is 4.69. The summed E-state index contributed by atoms with van der Waals surface area (Å²) in [6, 6.07) is 19.3. The Bertz CT molecular complexity index is 1200. The number of nitrogens with one attached hydrogen (secondary N) is 3. The van der Waals surface area contributed by atoms with Crippen LogP contribution in [-0.4, -0.2) is 83.3 Å². The van der Waals surface area contributed by atoms with Gasteiger partial charge in [0, 0.05) is 63.5 Å². The molecule has 3 N–H and O–H groups in total. The third-order valence-electron chi connectivity index (χ3n) is 7.26. The molecule has 7 nitrogen and oxygen atoms in total. The molecule has 0 saturated heterocycles. The Morgan fingerprint density at radius 2 is 1.50 bits per heavy atom. The van der Waals surface area contributed by atoms with Gasteiger partial charge in [-0.05, 0) is 48.1 Å². The zero-order chi connectivity index (χ0) is 28.9. The van der Waals surface area contributed by atoms with Crippen LogP contribution in [0, 0.1) is 5.92 Å².